The fourth-order valence-corrected chi connectivity index (χ4v) is 3.52. The highest BCUT2D eigenvalue weighted by atomic mass is 32.2. The Morgan fingerprint density at radius 2 is 1.91 bits per heavy atom. The molecular weight excluding hydrogens is 309 g/mol. The van der Waals surface area contributed by atoms with E-state index in [0.717, 1.165) is 31.2 Å². The summed E-state index contributed by atoms with van der Waals surface area (Å²) in [6.07, 6.45) is 9.34. The topological polar surface area (TPSA) is 29.0 Å². The van der Waals surface area contributed by atoms with Crippen LogP contribution in [0.2, 0.25) is 0 Å². The molecule has 1 fully saturated rings. The van der Waals surface area contributed by atoms with Crippen LogP contribution in [0.25, 0.3) is 0 Å². The van der Waals surface area contributed by atoms with Crippen LogP contribution in [0.1, 0.15) is 24.0 Å². The summed E-state index contributed by atoms with van der Waals surface area (Å²) in [5, 5.41) is 0.821. The quantitative estimate of drug-likeness (QED) is 0.616. The van der Waals surface area contributed by atoms with Gasteiger partial charge in [0.25, 0.3) is 0 Å². The highest BCUT2D eigenvalue weighted by Crippen LogP contribution is 2.22. The number of piperidine rings is 1. The summed E-state index contributed by atoms with van der Waals surface area (Å²) in [4.78, 5) is 11.2. The Labute approximate surface area is 141 Å². The van der Waals surface area contributed by atoms with Gasteiger partial charge in [0.1, 0.15) is 5.82 Å². The van der Waals surface area contributed by atoms with E-state index in [0.29, 0.717) is 5.92 Å². The lowest BCUT2D eigenvalue weighted by Gasteiger charge is -2.32. The van der Waals surface area contributed by atoms with E-state index in [4.69, 9.17) is 0 Å². The molecule has 122 valence electrons. The first kappa shape index (κ1) is 16.4. The van der Waals surface area contributed by atoms with Crippen molar-refractivity contribution in [3.8, 4) is 0 Å². The van der Waals surface area contributed by atoms with Crippen LogP contribution < -0.4 is 0 Å². The van der Waals surface area contributed by atoms with Crippen molar-refractivity contribution >= 4 is 11.8 Å². The van der Waals surface area contributed by atoms with Crippen molar-refractivity contribution in [2.75, 3.05) is 19.3 Å². The number of hydrogen-bond donors (Lipinski definition) is 0. The van der Waals surface area contributed by atoms with Crippen molar-refractivity contribution in [2.45, 2.75) is 31.0 Å². The summed E-state index contributed by atoms with van der Waals surface area (Å²) in [6, 6.07) is 6.92. The summed E-state index contributed by atoms with van der Waals surface area (Å²) < 4.78 is 13.0. The number of rotatable bonds is 5. The fourth-order valence-electron chi connectivity index (χ4n) is 3.20. The first-order valence-electron chi connectivity index (χ1n) is 8.04. The zero-order valence-corrected chi connectivity index (χ0v) is 14.2. The molecule has 1 aliphatic heterocycles. The van der Waals surface area contributed by atoms with Gasteiger partial charge in [0, 0.05) is 31.0 Å². The predicted octanol–water partition coefficient (Wildman–Crippen LogP) is 3.79. The SMILES string of the molecule is CSc1ncc(CN2CCCC(Cc3ccc(F)cc3)C2)cn1. The molecule has 1 aromatic heterocycles. The molecule has 0 amide bonds. The summed E-state index contributed by atoms with van der Waals surface area (Å²) >= 11 is 1.56. The third-order valence-electron chi connectivity index (χ3n) is 4.31. The largest absolute Gasteiger partial charge is 0.299 e. The van der Waals surface area contributed by atoms with Crippen molar-refractivity contribution in [3.63, 3.8) is 0 Å². The van der Waals surface area contributed by atoms with Gasteiger partial charge >= 0.3 is 0 Å². The Morgan fingerprint density at radius 1 is 1.17 bits per heavy atom. The lowest BCUT2D eigenvalue weighted by atomic mass is 9.91. The van der Waals surface area contributed by atoms with Crippen LogP contribution in [-0.2, 0) is 13.0 Å². The minimum Gasteiger partial charge on any atom is -0.299 e. The minimum atomic E-state index is -0.160. The maximum Gasteiger partial charge on any atom is 0.187 e. The van der Waals surface area contributed by atoms with Gasteiger partial charge in [-0.1, -0.05) is 23.9 Å². The maximum atomic E-state index is 13.0. The Bertz CT molecular complexity index is 615. The molecule has 23 heavy (non-hydrogen) atoms. The van der Waals surface area contributed by atoms with Crippen LogP contribution in [-0.4, -0.2) is 34.2 Å². The standard InChI is InChI=1S/C18H22FN3S/c1-23-18-20-10-16(11-21-18)13-22-8-2-3-15(12-22)9-14-4-6-17(19)7-5-14/h4-7,10-11,15H,2-3,8-9,12-13H2,1H3. The zero-order chi connectivity index (χ0) is 16.1. The van der Waals surface area contributed by atoms with Crippen molar-refractivity contribution in [1.82, 2.24) is 14.9 Å². The molecule has 0 spiro atoms. The van der Waals surface area contributed by atoms with E-state index >= 15 is 0 Å². The zero-order valence-electron chi connectivity index (χ0n) is 13.4. The number of thioether (sulfide) groups is 1. The molecule has 2 aromatic rings. The molecular formula is C18H22FN3S. The number of benzene rings is 1. The molecule has 5 heteroatoms. The molecule has 3 nitrogen and oxygen atoms in total. The Kier molecular flexibility index (Phi) is 5.62. The first-order chi connectivity index (χ1) is 11.2. The summed E-state index contributed by atoms with van der Waals surface area (Å²) in [5.74, 6) is 0.480. The molecule has 0 aliphatic carbocycles. The monoisotopic (exact) mass is 331 g/mol. The summed E-state index contributed by atoms with van der Waals surface area (Å²) in [6.45, 7) is 3.13. The highest BCUT2D eigenvalue weighted by Gasteiger charge is 2.20. The second-order valence-electron chi connectivity index (χ2n) is 6.15. The van der Waals surface area contributed by atoms with E-state index in [1.54, 1.807) is 23.9 Å². The smallest absolute Gasteiger partial charge is 0.187 e. The van der Waals surface area contributed by atoms with E-state index in [-0.39, 0.29) is 5.82 Å². The van der Waals surface area contributed by atoms with Crippen LogP contribution in [0.5, 0.6) is 0 Å². The van der Waals surface area contributed by atoms with E-state index in [1.165, 1.54) is 24.0 Å². The maximum absolute atomic E-state index is 13.0. The summed E-state index contributed by atoms with van der Waals surface area (Å²) in [7, 11) is 0. The third kappa shape index (κ3) is 4.75. The number of likely N-dealkylation sites (tertiary alicyclic amines) is 1. The summed E-state index contributed by atoms with van der Waals surface area (Å²) in [5.41, 5.74) is 2.40. The Balaban J connectivity index is 1.55. The molecule has 0 N–H and O–H groups in total. The normalized spacial score (nSPS) is 19.0. The molecule has 1 unspecified atom stereocenters. The lowest BCUT2D eigenvalue weighted by Crippen LogP contribution is -2.35. The van der Waals surface area contributed by atoms with E-state index < -0.39 is 0 Å². The second kappa shape index (κ2) is 7.88. The minimum absolute atomic E-state index is 0.160. The van der Waals surface area contributed by atoms with Gasteiger partial charge in [-0.05, 0) is 55.7 Å². The van der Waals surface area contributed by atoms with Crippen molar-refractivity contribution in [2.24, 2.45) is 5.92 Å². The van der Waals surface area contributed by atoms with E-state index in [2.05, 4.69) is 14.9 Å². The van der Waals surface area contributed by atoms with Gasteiger partial charge in [0.15, 0.2) is 5.16 Å². The van der Waals surface area contributed by atoms with Crippen molar-refractivity contribution in [1.29, 1.82) is 0 Å². The molecule has 1 atom stereocenters. The first-order valence-corrected chi connectivity index (χ1v) is 9.27. The molecule has 3 rings (SSSR count). The number of aromatic nitrogens is 2. The van der Waals surface area contributed by atoms with Gasteiger partial charge in [-0.25, -0.2) is 14.4 Å². The molecule has 1 aliphatic rings. The highest BCUT2D eigenvalue weighted by molar-refractivity contribution is 7.98. The average Bonchev–Trinajstić information content (AvgIpc) is 2.58. The molecule has 2 heterocycles. The van der Waals surface area contributed by atoms with Crippen LogP contribution in [0.3, 0.4) is 0 Å². The van der Waals surface area contributed by atoms with Gasteiger partial charge in [0.05, 0.1) is 0 Å². The van der Waals surface area contributed by atoms with Crippen LogP contribution in [0.15, 0.2) is 41.8 Å². The van der Waals surface area contributed by atoms with Crippen LogP contribution >= 0.6 is 11.8 Å². The lowest BCUT2D eigenvalue weighted by molar-refractivity contribution is 0.166. The molecule has 0 saturated carbocycles. The van der Waals surface area contributed by atoms with Crippen LogP contribution in [0, 0.1) is 11.7 Å². The van der Waals surface area contributed by atoms with E-state index in [9.17, 15) is 4.39 Å². The third-order valence-corrected chi connectivity index (χ3v) is 4.89. The van der Waals surface area contributed by atoms with Gasteiger partial charge in [0.2, 0.25) is 0 Å². The van der Waals surface area contributed by atoms with Crippen LogP contribution in [0.4, 0.5) is 4.39 Å². The molecule has 0 radical (unpaired) electrons. The fraction of sp³-hybridized carbons (Fsp3) is 0.444. The second-order valence-corrected chi connectivity index (χ2v) is 6.93. The number of hydrogen-bond acceptors (Lipinski definition) is 4. The molecule has 1 saturated heterocycles. The molecule has 1 aromatic carbocycles. The van der Waals surface area contributed by atoms with Gasteiger partial charge < -0.3 is 0 Å². The van der Waals surface area contributed by atoms with Crippen molar-refractivity contribution in [3.05, 3.63) is 53.6 Å². The Hall–Kier alpha value is -1.46. The van der Waals surface area contributed by atoms with Gasteiger partial charge in [-0.15, -0.1) is 0 Å². The number of halogens is 1. The van der Waals surface area contributed by atoms with E-state index in [1.807, 2.05) is 30.8 Å². The van der Waals surface area contributed by atoms with Gasteiger partial charge in [-0.3, -0.25) is 4.90 Å². The Morgan fingerprint density at radius 3 is 2.61 bits per heavy atom. The average molecular weight is 331 g/mol. The number of nitrogens with zero attached hydrogens (tertiary/aromatic N) is 3. The predicted molar refractivity (Wildman–Crippen MR) is 91.9 cm³/mol. The van der Waals surface area contributed by atoms with Gasteiger partial charge in [-0.2, -0.15) is 0 Å². The molecule has 0 bridgehead atoms. The van der Waals surface area contributed by atoms with Crippen molar-refractivity contribution < 1.29 is 4.39 Å².